The van der Waals surface area contributed by atoms with Crippen LogP contribution in [0.25, 0.3) is 5.65 Å². The molecule has 0 fully saturated rings. The molecule has 0 atom stereocenters. The third-order valence-corrected chi connectivity index (χ3v) is 2.52. The van der Waals surface area contributed by atoms with E-state index in [-0.39, 0.29) is 11.5 Å². The summed E-state index contributed by atoms with van der Waals surface area (Å²) in [6, 6.07) is 2.86. The number of carbonyl (C=O) groups is 1. The van der Waals surface area contributed by atoms with E-state index in [1.807, 2.05) is 0 Å². The summed E-state index contributed by atoms with van der Waals surface area (Å²) in [6.07, 6.45) is 0. The molecular weight excluding hydrogens is 211 g/mol. The van der Waals surface area contributed by atoms with E-state index in [9.17, 15) is 9.18 Å². The van der Waals surface area contributed by atoms with Gasteiger partial charge in [-0.3, -0.25) is 4.40 Å². The number of fused-ring (bicyclic) bond motifs is 1. The quantitative estimate of drug-likeness (QED) is 0.692. The number of hydrogen-bond donors (Lipinski definition) is 0. The Morgan fingerprint density at radius 3 is 2.75 bits per heavy atom. The lowest BCUT2D eigenvalue weighted by atomic mass is 10.3. The number of nitrogens with zero attached hydrogens (tertiary/aromatic N) is 2. The molecule has 0 aromatic carbocycles. The summed E-state index contributed by atoms with van der Waals surface area (Å²) < 4.78 is 19.5. The molecule has 0 saturated carbocycles. The highest BCUT2D eigenvalue weighted by Crippen LogP contribution is 2.17. The van der Waals surface area contributed by atoms with Crippen LogP contribution >= 0.6 is 0 Å². The zero-order valence-corrected chi connectivity index (χ0v) is 9.24. The van der Waals surface area contributed by atoms with Crippen LogP contribution in [0.15, 0.2) is 12.1 Å². The molecule has 84 valence electrons. The Kier molecular flexibility index (Phi) is 2.38. The minimum atomic E-state index is -0.515. The van der Waals surface area contributed by atoms with E-state index in [2.05, 4.69) is 9.72 Å². The fourth-order valence-electron chi connectivity index (χ4n) is 1.71. The summed E-state index contributed by atoms with van der Waals surface area (Å²) in [4.78, 5) is 15.7. The molecule has 2 aromatic rings. The Labute approximate surface area is 91.7 Å². The number of methoxy groups -OCH3 is 1. The molecule has 0 aliphatic rings. The lowest BCUT2D eigenvalue weighted by molar-refractivity contribution is 0.0591. The zero-order chi connectivity index (χ0) is 11.9. The highest BCUT2D eigenvalue weighted by atomic mass is 19.1. The third-order valence-electron chi connectivity index (χ3n) is 2.52. The van der Waals surface area contributed by atoms with Crippen molar-refractivity contribution in [1.29, 1.82) is 0 Å². The van der Waals surface area contributed by atoms with Gasteiger partial charge in [0.15, 0.2) is 5.69 Å². The summed E-state index contributed by atoms with van der Waals surface area (Å²) in [6.45, 7) is 3.28. The van der Waals surface area contributed by atoms with Crippen molar-refractivity contribution in [2.45, 2.75) is 13.8 Å². The second-order valence-electron chi connectivity index (χ2n) is 3.50. The normalized spacial score (nSPS) is 10.8. The fraction of sp³-hybridized carbons (Fsp3) is 0.273. The molecule has 0 radical (unpaired) electrons. The van der Waals surface area contributed by atoms with Crippen molar-refractivity contribution < 1.29 is 13.9 Å². The average molecular weight is 222 g/mol. The molecule has 2 heterocycles. The van der Waals surface area contributed by atoms with Crippen LogP contribution in [-0.4, -0.2) is 22.5 Å². The van der Waals surface area contributed by atoms with E-state index < -0.39 is 5.97 Å². The van der Waals surface area contributed by atoms with E-state index in [1.54, 1.807) is 13.8 Å². The molecule has 0 aliphatic carbocycles. The van der Waals surface area contributed by atoms with Crippen molar-refractivity contribution in [2.24, 2.45) is 0 Å². The van der Waals surface area contributed by atoms with Crippen LogP contribution in [-0.2, 0) is 4.74 Å². The van der Waals surface area contributed by atoms with Gasteiger partial charge in [-0.2, -0.15) is 0 Å². The minimum absolute atomic E-state index is 0.273. The van der Waals surface area contributed by atoms with Gasteiger partial charge in [0.05, 0.1) is 18.5 Å². The van der Waals surface area contributed by atoms with Gasteiger partial charge in [0.25, 0.3) is 0 Å². The highest BCUT2D eigenvalue weighted by Gasteiger charge is 2.19. The Balaban J connectivity index is 2.86. The first-order valence-corrected chi connectivity index (χ1v) is 4.78. The molecule has 5 heteroatoms. The van der Waals surface area contributed by atoms with Crippen LogP contribution < -0.4 is 0 Å². The molecule has 4 nitrogen and oxygen atoms in total. The predicted octanol–water partition coefficient (Wildman–Crippen LogP) is 1.88. The van der Waals surface area contributed by atoms with Gasteiger partial charge < -0.3 is 4.74 Å². The van der Waals surface area contributed by atoms with E-state index in [4.69, 9.17) is 0 Å². The van der Waals surface area contributed by atoms with Gasteiger partial charge in [0, 0.05) is 0 Å². The van der Waals surface area contributed by atoms with Crippen LogP contribution in [0.2, 0.25) is 0 Å². The van der Waals surface area contributed by atoms with E-state index >= 15 is 0 Å². The number of carbonyl (C=O) groups excluding carboxylic acids is 1. The summed E-state index contributed by atoms with van der Waals surface area (Å²) in [5.74, 6) is -0.895. The number of ether oxygens (including phenoxy) is 1. The van der Waals surface area contributed by atoms with Crippen LogP contribution in [0.4, 0.5) is 4.39 Å². The molecule has 2 aromatic heterocycles. The molecule has 0 saturated heterocycles. The largest absolute Gasteiger partial charge is 0.464 e. The van der Waals surface area contributed by atoms with E-state index in [0.717, 1.165) is 0 Å². The topological polar surface area (TPSA) is 43.6 Å². The monoisotopic (exact) mass is 222 g/mol. The van der Waals surface area contributed by atoms with Gasteiger partial charge in [-0.25, -0.2) is 14.2 Å². The van der Waals surface area contributed by atoms with Gasteiger partial charge in [0.1, 0.15) is 11.5 Å². The van der Waals surface area contributed by atoms with Crippen molar-refractivity contribution >= 4 is 11.6 Å². The lowest BCUT2D eigenvalue weighted by Crippen LogP contribution is -2.09. The minimum Gasteiger partial charge on any atom is -0.464 e. The van der Waals surface area contributed by atoms with Gasteiger partial charge in [-0.05, 0) is 26.0 Å². The molecule has 0 N–H and O–H groups in total. The van der Waals surface area contributed by atoms with Crippen LogP contribution in [0.5, 0.6) is 0 Å². The highest BCUT2D eigenvalue weighted by molar-refractivity contribution is 5.90. The number of esters is 1. The van der Waals surface area contributed by atoms with Gasteiger partial charge in [-0.15, -0.1) is 0 Å². The summed E-state index contributed by atoms with van der Waals surface area (Å²) in [7, 11) is 1.29. The second-order valence-corrected chi connectivity index (χ2v) is 3.50. The van der Waals surface area contributed by atoms with Gasteiger partial charge in [-0.1, -0.05) is 0 Å². The van der Waals surface area contributed by atoms with Crippen molar-refractivity contribution in [2.75, 3.05) is 7.11 Å². The van der Waals surface area contributed by atoms with E-state index in [0.29, 0.717) is 17.0 Å². The van der Waals surface area contributed by atoms with Gasteiger partial charge >= 0.3 is 5.97 Å². The first-order chi connectivity index (χ1) is 7.56. The molecule has 2 rings (SSSR count). The maximum Gasteiger partial charge on any atom is 0.356 e. The van der Waals surface area contributed by atoms with Crippen molar-refractivity contribution in [3.05, 3.63) is 35.0 Å². The van der Waals surface area contributed by atoms with Crippen molar-refractivity contribution in [3.63, 3.8) is 0 Å². The number of aromatic nitrogens is 2. The van der Waals surface area contributed by atoms with Gasteiger partial charge in [0.2, 0.25) is 0 Å². The Hall–Kier alpha value is -1.91. The van der Waals surface area contributed by atoms with Crippen LogP contribution in [0, 0.1) is 19.7 Å². The van der Waals surface area contributed by atoms with E-state index in [1.165, 1.54) is 23.6 Å². The van der Waals surface area contributed by atoms with Crippen molar-refractivity contribution in [1.82, 2.24) is 9.38 Å². The molecule has 0 spiro atoms. The second kappa shape index (κ2) is 3.59. The maximum atomic E-state index is 13.4. The predicted molar refractivity (Wildman–Crippen MR) is 56.0 cm³/mol. The number of hydrogen-bond acceptors (Lipinski definition) is 3. The number of halogens is 1. The molecular formula is C11H11FN2O2. The SMILES string of the molecule is COC(=O)c1c(C)nc2ccc(F)c(C)n12. The maximum absolute atomic E-state index is 13.4. The Bertz CT molecular complexity index is 575. The van der Waals surface area contributed by atoms with Crippen LogP contribution in [0.3, 0.4) is 0 Å². The van der Waals surface area contributed by atoms with Crippen LogP contribution in [0.1, 0.15) is 21.9 Å². The number of aryl methyl sites for hydroxylation is 2. The third kappa shape index (κ3) is 1.36. The number of imidazole rings is 1. The molecule has 0 unspecified atom stereocenters. The fourth-order valence-corrected chi connectivity index (χ4v) is 1.71. The molecule has 0 amide bonds. The number of rotatable bonds is 1. The summed E-state index contributed by atoms with van der Waals surface area (Å²) >= 11 is 0. The molecule has 16 heavy (non-hydrogen) atoms. The smallest absolute Gasteiger partial charge is 0.356 e. The summed E-state index contributed by atoms with van der Waals surface area (Å²) in [5.41, 5.74) is 1.69. The average Bonchev–Trinajstić information content (AvgIpc) is 2.60. The lowest BCUT2D eigenvalue weighted by Gasteiger charge is -2.05. The van der Waals surface area contributed by atoms with Crippen molar-refractivity contribution in [3.8, 4) is 0 Å². The first kappa shape index (κ1) is 10.6. The molecule has 0 bridgehead atoms. The first-order valence-electron chi connectivity index (χ1n) is 4.78. The standard InChI is InChI=1S/C11H11FN2O2/c1-6-10(11(15)16-3)14-7(2)8(12)4-5-9(14)13-6/h4-5H,1-3H3. The summed E-state index contributed by atoms with van der Waals surface area (Å²) in [5, 5.41) is 0. The number of pyridine rings is 1. The Morgan fingerprint density at radius 2 is 2.12 bits per heavy atom. The zero-order valence-electron chi connectivity index (χ0n) is 9.24. The Morgan fingerprint density at radius 1 is 1.44 bits per heavy atom. The molecule has 0 aliphatic heterocycles.